The molecule has 208 valence electrons. The van der Waals surface area contributed by atoms with Gasteiger partial charge in [-0.3, -0.25) is 14.2 Å². The van der Waals surface area contributed by atoms with Crippen LogP contribution in [0, 0.1) is 5.92 Å². The smallest absolute Gasteiger partial charge is 0.382 e. The molecule has 2 atom stereocenters. The first-order valence-electron chi connectivity index (χ1n) is 11.8. The molecule has 0 saturated carbocycles. The quantitative estimate of drug-likeness (QED) is 0.280. The summed E-state index contributed by atoms with van der Waals surface area (Å²) in [6, 6.07) is 13.2. The second kappa shape index (κ2) is 10.4. The van der Waals surface area contributed by atoms with E-state index in [1.165, 1.54) is 19.9 Å². The van der Waals surface area contributed by atoms with Gasteiger partial charge >= 0.3 is 16.3 Å². The summed E-state index contributed by atoms with van der Waals surface area (Å²) >= 11 is 0. The molecule has 0 aliphatic carbocycles. The Balaban J connectivity index is 1.86. The number of aromatic amines is 1. The molecule has 2 unspecified atom stereocenters. The number of amides is 1. The van der Waals surface area contributed by atoms with E-state index in [-0.39, 0.29) is 16.8 Å². The van der Waals surface area contributed by atoms with Crippen LogP contribution in [0.1, 0.15) is 13.8 Å². The molecule has 0 fully saturated rings. The highest BCUT2D eigenvalue weighted by atomic mass is 32.2. The van der Waals surface area contributed by atoms with Crippen LogP contribution in [0.15, 0.2) is 59.4 Å². The zero-order valence-electron chi connectivity index (χ0n) is 21.1. The standard InChI is InChI=1S/C26H26F3N3O6S/c1-14(2)21(24(34)26(27,28)29)30-20(33)13-32-18(15-8-5-4-6-9-15)12-17-16-10-7-11-19(38-39(3,36)37)22(16)31-23(17)25(32)35/h4-12,14,21,24,31,34H,13H2,1-3H3,(H,30,33). The minimum absolute atomic E-state index is 0.0305. The van der Waals surface area contributed by atoms with E-state index in [0.717, 1.165) is 10.8 Å². The van der Waals surface area contributed by atoms with Gasteiger partial charge in [0.1, 0.15) is 12.1 Å². The number of halogens is 3. The number of hydrogen-bond acceptors (Lipinski definition) is 6. The number of aliphatic hydroxyl groups is 1. The first-order valence-corrected chi connectivity index (χ1v) is 13.7. The predicted molar refractivity (Wildman–Crippen MR) is 140 cm³/mol. The molecule has 3 N–H and O–H groups in total. The number of carbonyl (C=O) groups is 1. The normalized spacial score (nSPS) is 14.1. The van der Waals surface area contributed by atoms with Crippen molar-refractivity contribution < 1.29 is 35.7 Å². The first-order chi connectivity index (χ1) is 18.2. The van der Waals surface area contributed by atoms with E-state index < -0.39 is 52.4 Å². The SMILES string of the molecule is CC(C)C(NC(=O)Cn1c(-c2ccccc2)cc2c([nH]c3c(OS(C)(=O)=O)cccc32)c1=O)C(O)C(F)(F)F. The monoisotopic (exact) mass is 565 g/mol. The third-order valence-corrected chi connectivity index (χ3v) is 6.68. The molecule has 0 aliphatic rings. The summed E-state index contributed by atoms with van der Waals surface area (Å²) in [7, 11) is -3.88. The molecule has 2 aromatic carbocycles. The van der Waals surface area contributed by atoms with Gasteiger partial charge in [0.2, 0.25) is 5.91 Å². The summed E-state index contributed by atoms with van der Waals surface area (Å²) in [5.74, 6) is -1.70. The maximum atomic E-state index is 13.7. The Bertz CT molecular complexity index is 1700. The third-order valence-electron chi connectivity index (χ3n) is 6.20. The third kappa shape index (κ3) is 5.93. The molecule has 2 heterocycles. The van der Waals surface area contributed by atoms with Gasteiger partial charge in [0.05, 0.1) is 23.5 Å². The molecule has 1 amide bonds. The average Bonchev–Trinajstić information content (AvgIpc) is 3.22. The van der Waals surface area contributed by atoms with Gasteiger partial charge in [0, 0.05) is 10.8 Å². The fourth-order valence-electron chi connectivity index (χ4n) is 4.42. The van der Waals surface area contributed by atoms with Crippen LogP contribution in [0.2, 0.25) is 0 Å². The number of aromatic nitrogens is 2. The summed E-state index contributed by atoms with van der Waals surface area (Å²) in [6.07, 6.45) is -6.87. The van der Waals surface area contributed by atoms with E-state index in [1.807, 2.05) is 0 Å². The zero-order valence-corrected chi connectivity index (χ0v) is 21.9. The Morgan fingerprint density at radius 3 is 2.33 bits per heavy atom. The van der Waals surface area contributed by atoms with Crippen LogP contribution < -0.4 is 15.1 Å². The van der Waals surface area contributed by atoms with Gasteiger partial charge in [0.15, 0.2) is 11.9 Å². The summed E-state index contributed by atoms with van der Waals surface area (Å²) in [6.45, 7) is 2.21. The maximum Gasteiger partial charge on any atom is 0.416 e. The van der Waals surface area contributed by atoms with E-state index in [0.29, 0.717) is 22.0 Å². The van der Waals surface area contributed by atoms with E-state index >= 15 is 0 Å². The molecular formula is C26H26F3N3O6S. The van der Waals surface area contributed by atoms with Crippen LogP contribution in [0.4, 0.5) is 13.2 Å². The van der Waals surface area contributed by atoms with Crippen molar-refractivity contribution in [1.29, 1.82) is 0 Å². The van der Waals surface area contributed by atoms with Crippen LogP contribution in [0.3, 0.4) is 0 Å². The number of nitrogens with one attached hydrogen (secondary N) is 2. The fourth-order valence-corrected chi connectivity index (χ4v) is 4.88. The summed E-state index contributed by atoms with van der Waals surface area (Å²) in [4.78, 5) is 29.6. The Morgan fingerprint density at radius 2 is 1.74 bits per heavy atom. The van der Waals surface area contributed by atoms with E-state index in [2.05, 4.69) is 10.3 Å². The minimum atomic E-state index is -4.96. The van der Waals surface area contributed by atoms with Crippen molar-refractivity contribution in [2.45, 2.75) is 38.7 Å². The number of H-pyrrole nitrogens is 1. The van der Waals surface area contributed by atoms with Gasteiger partial charge in [-0.2, -0.15) is 21.6 Å². The molecule has 13 heteroatoms. The van der Waals surface area contributed by atoms with E-state index in [9.17, 15) is 36.3 Å². The molecule has 0 aliphatic heterocycles. The lowest BCUT2D eigenvalue weighted by Crippen LogP contribution is -2.53. The Morgan fingerprint density at radius 1 is 1.08 bits per heavy atom. The van der Waals surface area contributed by atoms with Gasteiger partial charge < -0.3 is 19.6 Å². The topological polar surface area (TPSA) is 130 Å². The number of carbonyl (C=O) groups excluding carboxylic acids is 1. The molecular weight excluding hydrogens is 539 g/mol. The van der Waals surface area contributed by atoms with Crippen molar-refractivity contribution in [1.82, 2.24) is 14.9 Å². The van der Waals surface area contributed by atoms with Gasteiger partial charge in [-0.15, -0.1) is 0 Å². The van der Waals surface area contributed by atoms with Crippen LogP contribution in [0.25, 0.3) is 33.1 Å². The van der Waals surface area contributed by atoms with Crippen molar-refractivity contribution in [2.75, 3.05) is 6.26 Å². The van der Waals surface area contributed by atoms with Crippen LogP contribution in [-0.4, -0.2) is 53.6 Å². The highest BCUT2D eigenvalue weighted by molar-refractivity contribution is 7.86. The maximum absolute atomic E-state index is 13.7. The fraction of sp³-hybridized carbons (Fsp3) is 0.308. The summed E-state index contributed by atoms with van der Waals surface area (Å²) in [5, 5.41) is 12.9. The molecule has 0 radical (unpaired) electrons. The second-order valence-electron chi connectivity index (χ2n) is 9.49. The van der Waals surface area contributed by atoms with Crippen LogP contribution in [-0.2, 0) is 21.5 Å². The number of alkyl halides is 3. The predicted octanol–water partition coefficient (Wildman–Crippen LogP) is 3.55. The van der Waals surface area contributed by atoms with Crippen molar-refractivity contribution in [3.05, 3.63) is 65.0 Å². The van der Waals surface area contributed by atoms with Gasteiger partial charge in [-0.25, -0.2) is 0 Å². The largest absolute Gasteiger partial charge is 0.416 e. The molecule has 0 bridgehead atoms. The average molecular weight is 566 g/mol. The lowest BCUT2D eigenvalue weighted by Gasteiger charge is -2.29. The van der Waals surface area contributed by atoms with Gasteiger partial charge in [-0.1, -0.05) is 56.3 Å². The first kappa shape index (κ1) is 28.2. The van der Waals surface area contributed by atoms with Crippen molar-refractivity contribution in [3.8, 4) is 17.0 Å². The lowest BCUT2D eigenvalue weighted by atomic mass is 9.98. The van der Waals surface area contributed by atoms with Gasteiger partial charge in [0.25, 0.3) is 5.56 Å². The van der Waals surface area contributed by atoms with E-state index in [1.54, 1.807) is 48.5 Å². The van der Waals surface area contributed by atoms with Gasteiger partial charge in [-0.05, 0) is 23.6 Å². The number of aliphatic hydroxyl groups excluding tert-OH is 1. The summed E-state index contributed by atoms with van der Waals surface area (Å²) in [5.41, 5.74) is 0.469. The zero-order chi connectivity index (χ0) is 28.7. The minimum Gasteiger partial charge on any atom is -0.382 e. The van der Waals surface area contributed by atoms with Crippen LogP contribution >= 0.6 is 0 Å². The molecule has 39 heavy (non-hydrogen) atoms. The molecule has 9 nitrogen and oxygen atoms in total. The molecule has 2 aromatic heterocycles. The number of pyridine rings is 1. The Labute approximate surface area is 221 Å². The van der Waals surface area contributed by atoms with Crippen LogP contribution in [0.5, 0.6) is 5.75 Å². The Kier molecular flexibility index (Phi) is 7.50. The highest BCUT2D eigenvalue weighted by Gasteiger charge is 2.45. The second-order valence-corrected chi connectivity index (χ2v) is 11.1. The molecule has 0 saturated heterocycles. The van der Waals surface area contributed by atoms with Crippen molar-refractivity contribution in [3.63, 3.8) is 0 Å². The lowest BCUT2D eigenvalue weighted by molar-refractivity contribution is -0.215. The number of rotatable bonds is 8. The van der Waals surface area contributed by atoms with Crippen molar-refractivity contribution in [2.24, 2.45) is 5.92 Å². The number of hydrogen-bond donors (Lipinski definition) is 3. The Hall–Kier alpha value is -3.84. The number of nitrogens with zero attached hydrogens (tertiary/aromatic N) is 1. The van der Waals surface area contributed by atoms with E-state index in [4.69, 9.17) is 4.18 Å². The molecule has 4 aromatic rings. The van der Waals surface area contributed by atoms with Crippen molar-refractivity contribution >= 4 is 37.8 Å². The number of para-hydroxylation sites is 1. The number of benzene rings is 2. The molecule has 0 spiro atoms. The molecule has 4 rings (SSSR count). The number of fused-ring (bicyclic) bond motifs is 3. The highest BCUT2D eigenvalue weighted by Crippen LogP contribution is 2.33. The summed E-state index contributed by atoms with van der Waals surface area (Å²) < 4.78 is 69.2.